The zero-order valence-corrected chi connectivity index (χ0v) is 10.5. The zero-order chi connectivity index (χ0) is 12.6. The molecule has 0 unspecified atom stereocenters. The Labute approximate surface area is 101 Å². The Morgan fingerprint density at radius 1 is 1.00 bits per heavy atom. The Hall–Kier alpha value is -1.59. The van der Waals surface area contributed by atoms with Gasteiger partial charge < -0.3 is 5.73 Å². The molecule has 0 bridgehead atoms. The van der Waals surface area contributed by atoms with E-state index in [-0.39, 0.29) is 4.90 Å². The SMILES string of the molecule is CN(C)S(=O)(=O)c1ccc(N)c2ccccc12. The van der Waals surface area contributed by atoms with Crippen LogP contribution in [0, 0.1) is 0 Å². The van der Waals surface area contributed by atoms with E-state index in [2.05, 4.69) is 0 Å². The lowest BCUT2D eigenvalue weighted by molar-refractivity contribution is 0.521. The van der Waals surface area contributed by atoms with Crippen LogP contribution in [0.5, 0.6) is 0 Å². The highest BCUT2D eigenvalue weighted by Gasteiger charge is 2.20. The standard InChI is InChI=1S/C12H14N2O2S/c1-14(2)17(15,16)12-8-7-11(13)9-5-3-4-6-10(9)12/h3-8H,13H2,1-2H3. The predicted octanol–water partition coefficient (Wildman–Crippen LogP) is 1.67. The summed E-state index contributed by atoms with van der Waals surface area (Å²) >= 11 is 0. The second-order valence-electron chi connectivity index (χ2n) is 3.99. The van der Waals surface area contributed by atoms with Crippen LogP contribution in [0.2, 0.25) is 0 Å². The van der Waals surface area contributed by atoms with Crippen LogP contribution in [0.15, 0.2) is 41.3 Å². The Bertz CT molecular complexity index is 663. The summed E-state index contributed by atoms with van der Waals surface area (Å²) in [5.41, 5.74) is 6.42. The van der Waals surface area contributed by atoms with Crippen molar-refractivity contribution in [2.45, 2.75) is 4.90 Å². The number of hydrogen-bond acceptors (Lipinski definition) is 3. The first-order valence-corrected chi connectivity index (χ1v) is 6.58. The van der Waals surface area contributed by atoms with Crippen molar-refractivity contribution < 1.29 is 8.42 Å². The smallest absolute Gasteiger partial charge is 0.243 e. The minimum atomic E-state index is -3.44. The Morgan fingerprint density at radius 3 is 2.18 bits per heavy atom. The van der Waals surface area contributed by atoms with Crippen LogP contribution in [-0.4, -0.2) is 26.8 Å². The number of fused-ring (bicyclic) bond motifs is 1. The molecule has 0 aliphatic rings. The molecule has 0 heterocycles. The van der Waals surface area contributed by atoms with Crippen molar-refractivity contribution in [1.29, 1.82) is 0 Å². The lowest BCUT2D eigenvalue weighted by atomic mass is 10.1. The molecule has 0 saturated carbocycles. The molecule has 2 N–H and O–H groups in total. The number of sulfonamides is 1. The molecular weight excluding hydrogens is 236 g/mol. The summed E-state index contributed by atoms with van der Waals surface area (Å²) < 4.78 is 25.5. The maximum absolute atomic E-state index is 12.1. The van der Waals surface area contributed by atoms with Crippen LogP contribution < -0.4 is 5.73 Å². The number of rotatable bonds is 2. The van der Waals surface area contributed by atoms with Crippen LogP contribution in [0.4, 0.5) is 5.69 Å². The molecule has 0 aliphatic heterocycles. The fraction of sp³-hybridized carbons (Fsp3) is 0.167. The summed E-state index contributed by atoms with van der Waals surface area (Å²) in [5.74, 6) is 0. The van der Waals surface area contributed by atoms with E-state index in [1.807, 2.05) is 12.1 Å². The summed E-state index contributed by atoms with van der Waals surface area (Å²) in [6.45, 7) is 0. The van der Waals surface area contributed by atoms with Gasteiger partial charge in [0.15, 0.2) is 0 Å². The van der Waals surface area contributed by atoms with E-state index >= 15 is 0 Å². The fourth-order valence-corrected chi connectivity index (χ4v) is 2.81. The van der Waals surface area contributed by atoms with Crippen LogP contribution in [0.25, 0.3) is 10.8 Å². The highest BCUT2D eigenvalue weighted by Crippen LogP contribution is 2.28. The van der Waals surface area contributed by atoms with Crippen LogP contribution in [0.1, 0.15) is 0 Å². The number of anilines is 1. The normalized spacial score (nSPS) is 12.2. The van der Waals surface area contributed by atoms with Crippen molar-refractivity contribution in [1.82, 2.24) is 4.31 Å². The van der Waals surface area contributed by atoms with E-state index in [0.29, 0.717) is 11.1 Å². The van der Waals surface area contributed by atoms with Crippen molar-refractivity contribution in [3.63, 3.8) is 0 Å². The van der Waals surface area contributed by atoms with Gasteiger partial charge in [-0.2, -0.15) is 0 Å². The van der Waals surface area contributed by atoms with Crippen molar-refractivity contribution >= 4 is 26.5 Å². The van der Waals surface area contributed by atoms with E-state index in [4.69, 9.17) is 5.73 Å². The minimum absolute atomic E-state index is 0.285. The number of hydrogen-bond donors (Lipinski definition) is 1. The van der Waals surface area contributed by atoms with Gasteiger partial charge in [0.2, 0.25) is 10.0 Å². The van der Waals surface area contributed by atoms with Crippen molar-refractivity contribution in [2.75, 3.05) is 19.8 Å². The highest BCUT2D eigenvalue weighted by molar-refractivity contribution is 7.89. The van der Waals surface area contributed by atoms with E-state index in [1.54, 1.807) is 24.3 Å². The average Bonchev–Trinajstić information content (AvgIpc) is 2.29. The van der Waals surface area contributed by atoms with Gasteiger partial charge in [0, 0.05) is 30.6 Å². The van der Waals surface area contributed by atoms with Crippen LogP contribution >= 0.6 is 0 Å². The monoisotopic (exact) mass is 250 g/mol. The first-order chi connectivity index (χ1) is 7.94. The third kappa shape index (κ3) is 1.87. The second kappa shape index (κ2) is 4.01. The fourth-order valence-electron chi connectivity index (χ4n) is 1.72. The molecule has 0 aromatic heterocycles. The molecule has 17 heavy (non-hydrogen) atoms. The molecule has 0 spiro atoms. The van der Waals surface area contributed by atoms with Gasteiger partial charge in [0.25, 0.3) is 0 Å². The molecule has 0 radical (unpaired) electrons. The molecule has 0 saturated heterocycles. The largest absolute Gasteiger partial charge is 0.398 e. The Balaban J connectivity index is 2.86. The van der Waals surface area contributed by atoms with E-state index in [0.717, 1.165) is 5.39 Å². The summed E-state index contributed by atoms with van der Waals surface area (Å²) in [6, 6.07) is 10.4. The van der Waals surface area contributed by atoms with Crippen molar-refractivity contribution in [3.05, 3.63) is 36.4 Å². The maximum Gasteiger partial charge on any atom is 0.243 e. The van der Waals surface area contributed by atoms with E-state index in [9.17, 15) is 8.42 Å². The molecule has 4 nitrogen and oxygen atoms in total. The maximum atomic E-state index is 12.1. The quantitative estimate of drug-likeness (QED) is 0.825. The van der Waals surface area contributed by atoms with Crippen molar-refractivity contribution in [3.8, 4) is 0 Å². The summed E-state index contributed by atoms with van der Waals surface area (Å²) in [4.78, 5) is 0.285. The van der Waals surface area contributed by atoms with Gasteiger partial charge in [-0.05, 0) is 12.1 Å². The van der Waals surface area contributed by atoms with Gasteiger partial charge in [-0.25, -0.2) is 12.7 Å². The summed E-state index contributed by atoms with van der Waals surface area (Å²) in [5, 5.41) is 1.41. The first kappa shape index (κ1) is 11.9. The van der Waals surface area contributed by atoms with Crippen LogP contribution in [-0.2, 0) is 10.0 Å². The third-order valence-corrected chi connectivity index (χ3v) is 4.55. The molecule has 90 valence electrons. The van der Waals surface area contributed by atoms with Crippen molar-refractivity contribution in [2.24, 2.45) is 0 Å². The lowest BCUT2D eigenvalue weighted by Crippen LogP contribution is -2.22. The highest BCUT2D eigenvalue weighted by atomic mass is 32.2. The second-order valence-corrected chi connectivity index (χ2v) is 6.11. The van der Waals surface area contributed by atoms with E-state index in [1.165, 1.54) is 18.4 Å². The zero-order valence-electron chi connectivity index (χ0n) is 9.71. The molecule has 0 aliphatic carbocycles. The average molecular weight is 250 g/mol. The molecule has 0 atom stereocenters. The molecule has 5 heteroatoms. The lowest BCUT2D eigenvalue weighted by Gasteiger charge is -2.14. The molecule has 0 fully saturated rings. The van der Waals surface area contributed by atoms with Gasteiger partial charge in [-0.3, -0.25) is 0 Å². The van der Waals surface area contributed by atoms with E-state index < -0.39 is 10.0 Å². The topological polar surface area (TPSA) is 63.4 Å². The Kier molecular flexibility index (Phi) is 2.81. The van der Waals surface area contributed by atoms with Gasteiger partial charge in [0.1, 0.15) is 0 Å². The van der Waals surface area contributed by atoms with Crippen LogP contribution in [0.3, 0.4) is 0 Å². The molecule has 0 amide bonds. The summed E-state index contributed by atoms with van der Waals surface area (Å²) in [7, 11) is -0.414. The number of nitrogen functional groups attached to an aromatic ring is 1. The summed E-state index contributed by atoms with van der Waals surface area (Å²) in [6.07, 6.45) is 0. The predicted molar refractivity (Wildman–Crippen MR) is 69.2 cm³/mol. The first-order valence-electron chi connectivity index (χ1n) is 5.14. The molecule has 2 rings (SSSR count). The number of benzene rings is 2. The van der Waals surface area contributed by atoms with Gasteiger partial charge in [0.05, 0.1) is 4.90 Å². The van der Waals surface area contributed by atoms with Gasteiger partial charge in [-0.1, -0.05) is 24.3 Å². The third-order valence-electron chi connectivity index (χ3n) is 2.68. The molecular formula is C12H14N2O2S. The number of nitrogens with zero attached hydrogens (tertiary/aromatic N) is 1. The Morgan fingerprint density at radius 2 is 1.59 bits per heavy atom. The number of nitrogens with two attached hydrogens (primary N) is 1. The molecule has 2 aromatic carbocycles. The van der Waals surface area contributed by atoms with Gasteiger partial charge >= 0.3 is 0 Å². The van der Waals surface area contributed by atoms with Gasteiger partial charge in [-0.15, -0.1) is 0 Å². The molecule has 2 aromatic rings. The minimum Gasteiger partial charge on any atom is -0.398 e.